The second-order valence-electron chi connectivity index (χ2n) is 4.30. The van der Waals surface area contributed by atoms with Crippen molar-refractivity contribution < 1.29 is 24.6 Å². The van der Waals surface area contributed by atoms with Gasteiger partial charge in [0, 0.05) is 12.5 Å². The van der Waals surface area contributed by atoms with Gasteiger partial charge in [0.2, 0.25) is 5.91 Å². The van der Waals surface area contributed by atoms with E-state index in [0.717, 1.165) is 12.8 Å². The zero-order chi connectivity index (χ0) is 12.8. The average molecular weight is 243 g/mol. The Labute approximate surface area is 99.0 Å². The number of carboxylic acid groups (broad SMARTS) is 2. The summed E-state index contributed by atoms with van der Waals surface area (Å²) in [6, 6.07) is -0.359. The molecule has 0 bridgehead atoms. The number of aliphatic carboxylic acids is 2. The molecule has 0 aliphatic heterocycles. The molecule has 1 fully saturated rings. The molecule has 1 amide bonds. The van der Waals surface area contributed by atoms with Crippen LogP contribution < -0.4 is 5.32 Å². The van der Waals surface area contributed by atoms with E-state index in [-0.39, 0.29) is 24.8 Å². The molecule has 17 heavy (non-hydrogen) atoms. The normalized spacial score (nSPS) is 24.0. The molecule has 96 valence electrons. The molecule has 1 aliphatic carbocycles. The minimum atomic E-state index is -1.03. The molecular weight excluding hydrogens is 226 g/mol. The SMILES string of the molecule is O=C(O)CCC(=O)NC1CCCCC1C(=O)O. The van der Waals surface area contributed by atoms with E-state index in [4.69, 9.17) is 10.2 Å². The van der Waals surface area contributed by atoms with Gasteiger partial charge in [-0.2, -0.15) is 0 Å². The van der Waals surface area contributed by atoms with Crippen molar-refractivity contribution in [3.8, 4) is 0 Å². The van der Waals surface area contributed by atoms with E-state index < -0.39 is 17.9 Å². The number of amides is 1. The highest BCUT2D eigenvalue weighted by Crippen LogP contribution is 2.24. The molecule has 2 unspecified atom stereocenters. The predicted molar refractivity (Wildman–Crippen MR) is 58.4 cm³/mol. The average Bonchev–Trinajstić information content (AvgIpc) is 2.27. The Kier molecular flexibility index (Phi) is 4.93. The van der Waals surface area contributed by atoms with E-state index in [1.165, 1.54) is 0 Å². The number of carbonyl (C=O) groups excluding carboxylic acids is 1. The van der Waals surface area contributed by atoms with Gasteiger partial charge in [0.15, 0.2) is 0 Å². The zero-order valence-electron chi connectivity index (χ0n) is 9.52. The summed E-state index contributed by atoms with van der Waals surface area (Å²) in [7, 11) is 0. The fraction of sp³-hybridized carbons (Fsp3) is 0.727. The third-order valence-electron chi connectivity index (χ3n) is 3.00. The molecule has 6 nitrogen and oxygen atoms in total. The van der Waals surface area contributed by atoms with Gasteiger partial charge in [0.05, 0.1) is 12.3 Å². The van der Waals surface area contributed by atoms with Crippen molar-refractivity contribution in [2.45, 2.75) is 44.6 Å². The first-order valence-electron chi connectivity index (χ1n) is 5.74. The van der Waals surface area contributed by atoms with E-state index in [2.05, 4.69) is 5.32 Å². The summed E-state index contributed by atoms with van der Waals surface area (Å²) in [6.45, 7) is 0. The summed E-state index contributed by atoms with van der Waals surface area (Å²) in [5.41, 5.74) is 0. The van der Waals surface area contributed by atoms with Crippen LogP contribution in [-0.4, -0.2) is 34.1 Å². The van der Waals surface area contributed by atoms with Crippen LogP contribution in [0.15, 0.2) is 0 Å². The summed E-state index contributed by atoms with van der Waals surface area (Å²) in [4.78, 5) is 32.7. The summed E-state index contributed by atoms with van der Waals surface area (Å²) >= 11 is 0. The topological polar surface area (TPSA) is 104 Å². The lowest BCUT2D eigenvalue weighted by Crippen LogP contribution is -2.45. The first kappa shape index (κ1) is 13.5. The second kappa shape index (κ2) is 6.22. The Morgan fingerprint density at radius 2 is 1.71 bits per heavy atom. The standard InChI is InChI=1S/C11H17NO5/c13-9(5-6-10(14)15)12-8-4-2-1-3-7(8)11(16)17/h7-8H,1-6H2,(H,12,13)(H,14,15)(H,16,17). The first-order valence-corrected chi connectivity index (χ1v) is 5.74. The van der Waals surface area contributed by atoms with Crippen molar-refractivity contribution in [3.63, 3.8) is 0 Å². The molecule has 1 aliphatic rings. The van der Waals surface area contributed by atoms with Gasteiger partial charge in [-0.1, -0.05) is 12.8 Å². The number of carbonyl (C=O) groups is 3. The van der Waals surface area contributed by atoms with Gasteiger partial charge in [-0.05, 0) is 12.8 Å². The lowest BCUT2D eigenvalue weighted by atomic mass is 9.84. The van der Waals surface area contributed by atoms with Crippen molar-refractivity contribution in [1.29, 1.82) is 0 Å². The number of nitrogens with one attached hydrogen (secondary N) is 1. The van der Waals surface area contributed by atoms with Crippen LogP contribution in [0.1, 0.15) is 38.5 Å². The van der Waals surface area contributed by atoms with Crippen LogP contribution >= 0.6 is 0 Å². The molecule has 0 aromatic rings. The van der Waals surface area contributed by atoms with Gasteiger partial charge in [0.25, 0.3) is 0 Å². The smallest absolute Gasteiger partial charge is 0.308 e. The molecule has 0 spiro atoms. The van der Waals surface area contributed by atoms with Crippen LogP contribution in [-0.2, 0) is 14.4 Å². The Balaban J connectivity index is 2.44. The fourth-order valence-corrected chi connectivity index (χ4v) is 2.10. The summed E-state index contributed by atoms with van der Waals surface area (Å²) < 4.78 is 0. The predicted octanol–water partition coefficient (Wildman–Crippen LogP) is 0.611. The molecule has 0 radical (unpaired) electrons. The molecule has 1 saturated carbocycles. The third-order valence-corrected chi connectivity index (χ3v) is 3.00. The summed E-state index contributed by atoms with van der Waals surface area (Å²) in [5, 5.41) is 20.1. The molecule has 0 heterocycles. The molecule has 0 aromatic heterocycles. The fourth-order valence-electron chi connectivity index (χ4n) is 2.10. The number of hydrogen-bond acceptors (Lipinski definition) is 3. The minimum absolute atomic E-state index is 0.0990. The maximum atomic E-state index is 11.4. The van der Waals surface area contributed by atoms with Crippen LogP contribution in [0.2, 0.25) is 0 Å². The Hall–Kier alpha value is -1.59. The van der Waals surface area contributed by atoms with Crippen LogP contribution in [0.3, 0.4) is 0 Å². The molecule has 0 saturated heterocycles. The van der Waals surface area contributed by atoms with E-state index >= 15 is 0 Å². The highest BCUT2D eigenvalue weighted by Gasteiger charge is 2.31. The third kappa shape index (κ3) is 4.42. The van der Waals surface area contributed by atoms with Crippen molar-refractivity contribution in [3.05, 3.63) is 0 Å². The highest BCUT2D eigenvalue weighted by molar-refractivity contribution is 5.81. The Bertz CT molecular complexity index is 315. The van der Waals surface area contributed by atoms with Crippen LogP contribution in [0.25, 0.3) is 0 Å². The molecule has 2 atom stereocenters. The van der Waals surface area contributed by atoms with Crippen molar-refractivity contribution in [2.24, 2.45) is 5.92 Å². The van der Waals surface area contributed by atoms with Gasteiger partial charge in [-0.15, -0.1) is 0 Å². The highest BCUT2D eigenvalue weighted by atomic mass is 16.4. The number of hydrogen-bond donors (Lipinski definition) is 3. The summed E-state index contributed by atoms with van der Waals surface area (Å²) in [5.74, 6) is -2.85. The minimum Gasteiger partial charge on any atom is -0.481 e. The van der Waals surface area contributed by atoms with Crippen LogP contribution in [0.4, 0.5) is 0 Å². The van der Waals surface area contributed by atoms with Gasteiger partial charge in [-0.25, -0.2) is 0 Å². The van der Waals surface area contributed by atoms with Crippen molar-refractivity contribution in [2.75, 3.05) is 0 Å². The van der Waals surface area contributed by atoms with Gasteiger partial charge >= 0.3 is 11.9 Å². The van der Waals surface area contributed by atoms with Gasteiger partial charge in [-0.3, -0.25) is 14.4 Å². The Morgan fingerprint density at radius 1 is 1.06 bits per heavy atom. The van der Waals surface area contributed by atoms with Gasteiger partial charge in [0.1, 0.15) is 0 Å². The van der Waals surface area contributed by atoms with Crippen LogP contribution in [0, 0.1) is 5.92 Å². The molecule has 6 heteroatoms. The first-order chi connectivity index (χ1) is 8.00. The summed E-state index contributed by atoms with van der Waals surface area (Å²) in [6.07, 6.45) is 2.65. The number of carboxylic acids is 2. The van der Waals surface area contributed by atoms with Crippen molar-refractivity contribution >= 4 is 17.8 Å². The van der Waals surface area contributed by atoms with E-state index in [9.17, 15) is 14.4 Å². The molecular formula is C11H17NO5. The molecule has 0 aromatic carbocycles. The van der Waals surface area contributed by atoms with E-state index in [1.807, 2.05) is 0 Å². The lowest BCUT2D eigenvalue weighted by Gasteiger charge is -2.29. The lowest BCUT2D eigenvalue weighted by molar-refractivity contribution is -0.144. The van der Waals surface area contributed by atoms with Gasteiger partial charge < -0.3 is 15.5 Å². The largest absolute Gasteiger partial charge is 0.481 e. The quantitative estimate of drug-likeness (QED) is 0.656. The Morgan fingerprint density at radius 3 is 2.29 bits per heavy atom. The van der Waals surface area contributed by atoms with Crippen molar-refractivity contribution in [1.82, 2.24) is 5.32 Å². The monoisotopic (exact) mass is 243 g/mol. The maximum Gasteiger partial charge on any atom is 0.308 e. The molecule has 1 rings (SSSR count). The zero-order valence-corrected chi connectivity index (χ0v) is 9.52. The number of rotatable bonds is 5. The molecule has 3 N–H and O–H groups in total. The van der Waals surface area contributed by atoms with E-state index in [1.54, 1.807) is 0 Å². The second-order valence-corrected chi connectivity index (χ2v) is 4.30. The van der Waals surface area contributed by atoms with Crippen LogP contribution in [0.5, 0.6) is 0 Å². The van der Waals surface area contributed by atoms with E-state index in [0.29, 0.717) is 12.8 Å². The maximum absolute atomic E-state index is 11.4.